The van der Waals surface area contributed by atoms with Gasteiger partial charge >= 0.3 is 0 Å². The zero-order chi connectivity index (χ0) is 11.1. The Kier molecular flexibility index (Phi) is 6.56. The van der Waals surface area contributed by atoms with Gasteiger partial charge in [-0.05, 0) is 19.3 Å². The average molecular weight is 249 g/mol. The maximum atomic E-state index is 8.92. The van der Waals surface area contributed by atoms with Gasteiger partial charge in [0, 0.05) is 38.0 Å². The fourth-order valence-corrected chi connectivity index (χ4v) is 2.86. The number of piperidine rings is 1. The zero-order valence-electron chi connectivity index (χ0n) is 8.89. The van der Waals surface area contributed by atoms with Gasteiger partial charge in [-0.2, -0.15) is 0 Å². The largest absolute Gasteiger partial charge is 0.396 e. The number of nitrogens with zero attached hydrogens (tertiary/aromatic N) is 1. The van der Waals surface area contributed by atoms with Gasteiger partial charge in [-0.1, -0.05) is 24.0 Å². The summed E-state index contributed by atoms with van der Waals surface area (Å²) < 4.78 is 0.918. The molecule has 1 fully saturated rings. The second kappa shape index (κ2) is 7.44. The third-order valence-corrected chi connectivity index (χ3v) is 4.33. The molecule has 0 aromatic rings. The second-order valence-electron chi connectivity index (χ2n) is 3.86. The molecule has 0 spiro atoms. The van der Waals surface area contributed by atoms with Crippen molar-refractivity contribution in [2.45, 2.75) is 19.3 Å². The molecule has 0 atom stereocenters. The minimum Gasteiger partial charge on any atom is -0.396 e. The number of hydrogen-bond donors (Lipinski definition) is 2. The standard InChI is InChI=1S/C10H19NO2S2/c12-6-9(7-13)8-15-10(14)11-4-2-1-3-5-11/h9,12-13H,1-8H2. The number of rotatable bonds is 4. The summed E-state index contributed by atoms with van der Waals surface area (Å²) in [7, 11) is 0. The number of aliphatic hydroxyl groups excluding tert-OH is 2. The van der Waals surface area contributed by atoms with E-state index in [2.05, 4.69) is 4.90 Å². The van der Waals surface area contributed by atoms with Crippen LogP contribution in [0.4, 0.5) is 0 Å². The Morgan fingerprint density at radius 1 is 1.20 bits per heavy atom. The van der Waals surface area contributed by atoms with Crippen molar-refractivity contribution in [2.24, 2.45) is 5.92 Å². The Hall–Kier alpha value is 0.160. The predicted molar refractivity (Wildman–Crippen MR) is 68.1 cm³/mol. The molecule has 0 aromatic heterocycles. The van der Waals surface area contributed by atoms with Crippen LogP contribution in [0.15, 0.2) is 0 Å². The molecule has 0 radical (unpaired) electrons. The molecule has 5 heteroatoms. The van der Waals surface area contributed by atoms with Crippen molar-refractivity contribution in [2.75, 3.05) is 32.1 Å². The third-order valence-electron chi connectivity index (χ3n) is 2.57. The molecule has 1 aliphatic heterocycles. The van der Waals surface area contributed by atoms with Crippen LogP contribution in [0.2, 0.25) is 0 Å². The van der Waals surface area contributed by atoms with Crippen LogP contribution >= 0.6 is 24.0 Å². The molecule has 0 bridgehead atoms. The lowest BCUT2D eigenvalue weighted by Crippen LogP contribution is -2.33. The van der Waals surface area contributed by atoms with Gasteiger partial charge in [0.1, 0.15) is 4.32 Å². The summed E-state index contributed by atoms with van der Waals surface area (Å²) in [6, 6.07) is 0. The summed E-state index contributed by atoms with van der Waals surface area (Å²) in [6.07, 6.45) is 3.76. The Bertz CT molecular complexity index is 192. The van der Waals surface area contributed by atoms with Gasteiger partial charge in [0.25, 0.3) is 0 Å². The summed E-state index contributed by atoms with van der Waals surface area (Å²) in [6.45, 7) is 2.20. The summed E-state index contributed by atoms with van der Waals surface area (Å²) in [5, 5.41) is 17.8. The highest BCUT2D eigenvalue weighted by Gasteiger charge is 2.15. The number of likely N-dealkylation sites (tertiary alicyclic amines) is 1. The van der Waals surface area contributed by atoms with Crippen molar-refractivity contribution in [1.29, 1.82) is 0 Å². The third kappa shape index (κ3) is 4.68. The van der Waals surface area contributed by atoms with Crippen molar-refractivity contribution in [3.8, 4) is 0 Å². The van der Waals surface area contributed by atoms with E-state index in [-0.39, 0.29) is 19.1 Å². The molecule has 0 unspecified atom stereocenters. The molecule has 2 N–H and O–H groups in total. The summed E-state index contributed by atoms with van der Waals surface area (Å²) in [4.78, 5) is 2.23. The van der Waals surface area contributed by atoms with Crippen LogP contribution in [0.5, 0.6) is 0 Å². The van der Waals surface area contributed by atoms with Gasteiger partial charge < -0.3 is 15.1 Å². The monoisotopic (exact) mass is 249 g/mol. The number of hydrogen-bond acceptors (Lipinski definition) is 4. The molecule has 0 amide bonds. The van der Waals surface area contributed by atoms with E-state index in [4.69, 9.17) is 22.4 Å². The van der Waals surface area contributed by atoms with E-state index in [1.165, 1.54) is 19.3 Å². The second-order valence-corrected chi connectivity index (χ2v) is 5.51. The number of thiocarbonyl (C=S) groups is 1. The molecular formula is C10H19NO2S2. The van der Waals surface area contributed by atoms with Gasteiger partial charge in [-0.15, -0.1) is 0 Å². The molecule has 3 nitrogen and oxygen atoms in total. The average Bonchev–Trinajstić information content (AvgIpc) is 2.31. The van der Waals surface area contributed by atoms with Crippen molar-refractivity contribution in [1.82, 2.24) is 4.90 Å². The first-order valence-electron chi connectivity index (χ1n) is 5.41. The molecule has 1 saturated heterocycles. The minimum absolute atomic E-state index is 0.0338. The Morgan fingerprint density at radius 2 is 1.80 bits per heavy atom. The zero-order valence-corrected chi connectivity index (χ0v) is 10.5. The Labute approximate surface area is 101 Å². The molecular weight excluding hydrogens is 230 g/mol. The first-order chi connectivity index (χ1) is 7.27. The highest BCUT2D eigenvalue weighted by molar-refractivity contribution is 8.22. The van der Waals surface area contributed by atoms with E-state index in [1.54, 1.807) is 11.8 Å². The maximum Gasteiger partial charge on any atom is 0.136 e. The quantitative estimate of drug-likeness (QED) is 0.730. The number of aliphatic hydroxyl groups is 2. The lowest BCUT2D eigenvalue weighted by molar-refractivity contribution is 0.164. The molecule has 0 aromatic carbocycles. The van der Waals surface area contributed by atoms with E-state index < -0.39 is 0 Å². The van der Waals surface area contributed by atoms with Crippen molar-refractivity contribution in [3.63, 3.8) is 0 Å². The highest BCUT2D eigenvalue weighted by atomic mass is 32.2. The highest BCUT2D eigenvalue weighted by Crippen LogP contribution is 2.18. The summed E-state index contributed by atoms with van der Waals surface area (Å²) >= 11 is 6.89. The smallest absolute Gasteiger partial charge is 0.136 e. The van der Waals surface area contributed by atoms with Crippen molar-refractivity contribution >= 4 is 28.3 Å². The fourth-order valence-electron chi connectivity index (χ4n) is 1.52. The lowest BCUT2D eigenvalue weighted by atomic mass is 10.1. The van der Waals surface area contributed by atoms with Gasteiger partial charge in [0.2, 0.25) is 0 Å². The van der Waals surface area contributed by atoms with E-state index in [0.29, 0.717) is 5.75 Å². The molecule has 1 aliphatic rings. The summed E-state index contributed by atoms with van der Waals surface area (Å²) in [5.41, 5.74) is 0. The van der Waals surface area contributed by atoms with Gasteiger partial charge in [0.05, 0.1) is 0 Å². The van der Waals surface area contributed by atoms with Crippen LogP contribution in [0.25, 0.3) is 0 Å². The molecule has 1 rings (SSSR count). The molecule has 0 aliphatic carbocycles. The molecule has 0 saturated carbocycles. The van der Waals surface area contributed by atoms with Crippen LogP contribution < -0.4 is 0 Å². The van der Waals surface area contributed by atoms with E-state index in [1.807, 2.05) is 0 Å². The van der Waals surface area contributed by atoms with Crippen LogP contribution in [-0.4, -0.2) is 51.5 Å². The number of thioether (sulfide) groups is 1. The first kappa shape index (κ1) is 13.2. The molecule has 1 heterocycles. The predicted octanol–water partition coefficient (Wildman–Crippen LogP) is 1.09. The van der Waals surface area contributed by atoms with Crippen LogP contribution in [0.1, 0.15) is 19.3 Å². The Balaban J connectivity index is 2.22. The van der Waals surface area contributed by atoms with Crippen molar-refractivity contribution in [3.05, 3.63) is 0 Å². The van der Waals surface area contributed by atoms with Crippen LogP contribution in [0, 0.1) is 5.92 Å². The SMILES string of the molecule is OCC(CO)CSC(=S)N1CCCCC1. The van der Waals surface area contributed by atoms with Crippen molar-refractivity contribution < 1.29 is 10.2 Å². The van der Waals surface area contributed by atoms with E-state index in [0.717, 1.165) is 17.4 Å². The minimum atomic E-state index is -0.0438. The normalized spacial score (nSPS) is 17.1. The van der Waals surface area contributed by atoms with Gasteiger partial charge in [-0.3, -0.25) is 0 Å². The van der Waals surface area contributed by atoms with Crippen LogP contribution in [0.3, 0.4) is 0 Å². The van der Waals surface area contributed by atoms with Gasteiger partial charge in [0.15, 0.2) is 0 Å². The Morgan fingerprint density at radius 3 is 2.33 bits per heavy atom. The first-order valence-corrected chi connectivity index (χ1v) is 6.80. The fraction of sp³-hybridized carbons (Fsp3) is 0.900. The molecule has 88 valence electrons. The molecule has 15 heavy (non-hydrogen) atoms. The lowest BCUT2D eigenvalue weighted by Gasteiger charge is -2.28. The van der Waals surface area contributed by atoms with Crippen LogP contribution in [-0.2, 0) is 0 Å². The van der Waals surface area contributed by atoms with E-state index in [9.17, 15) is 0 Å². The maximum absolute atomic E-state index is 8.92. The topological polar surface area (TPSA) is 43.7 Å². The van der Waals surface area contributed by atoms with Gasteiger partial charge in [-0.25, -0.2) is 0 Å². The summed E-state index contributed by atoms with van der Waals surface area (Å²) in [5.74, 6) is 0.667. The van der Waals surface area contributed by atoms with E-state index >= 15 is 0 Å².